The SMILES string of the molecule is COc1ccc(C(=O)c2oc3ccccc3c2NC(=O)c2nnn(Cc3ccccc3)c2C)cc1. The molecule has 0 unspecified atom stereocenters. The van der Waals surface area contributed by atoms with Gasteiger partial charge in [0.25, 0.3) is 5.91 Å². The molecule has 5 rings (SSSR count). The van der Waals surface area contributed by atoms with Crippen molar-refractivity contribution in [3.8, 4) is 5.75 Å². The number of para-hydroxylation sites is 1. The van der Waals surface area contributed by atoms with E-state index in [9.17, 15) is 9.59 Å². The Morgan fingerprint density at radius 1 is 0.971 bits per heavy atom. The third-order valence-corrected chi connectivity index (χ3v) is 5.77. The average Bonchev–Trinajstić information content (AvgIpc) is 3.44. The van der Waals surface area contributed by atoms with E-state index in [0.29, 0.717) is 40.2 Å². The monoisotopic (exact) mass is 466 g/mol. The molecule has 0 saturated carbocycles. The molecule has 1 N–H and O–H groups in total. The zero-order chi connectivity index (χ0) is 24.4. The van der Waals surface area contributed by atoms with Gasteiger partial charge in [0, 0.05) is 10.9 Å². The summed E-state index contributed by atoms with van der Waals surface area (Å²) in [5.74, 6) is -0.159. The summed E-state index contributed by atoms with van der Waals surface area (Å²) >= 11 is 0. The van der Waals surface area contributed by atoms with Gasteiger partial charge in [-0.15, -0.1) is 5.10 Å². The molecule has 0 aliphatic heterocycles. The number of carbonyl (C=O) groups excluding carboxylic acids is 2. The summed E-state index contributed by atoms with van der Waals surface area (Å²) < 4.78 is 12.7. The second-order valence-corrected chi connectivity index (χ2v) is 7.98. The van der Waals surface area contributed by atoms with Crippen LogP contribution in [0.1, 0.15) is 37.9 Å². The predicted octanol–water partition coefficient (Wildman–Crippen LogP) is 4.87. The molecule has 174 valence electrons. The smallest absolute Gasteiger partial charge is 0.278 e. The van der Waals surface area contributed by atoms with E-state index in [1.807, 2.05) is 36.4 Å². The minimum Gasteiger partial charge on any atom is -0.497 e. The molecule has 0 fully saturated rings. The van der Waals surface area contributed by atoms with Crippen LogP contribution >= 0.6 is 0 Å². The Bertz CT molecular complexity index is 1520. The fourth-order valence-electron chi connectivity index (χ4n) is 3.85. The van der Waals surface area contributed by atoms with E-state index in [2.05, 4.69) is 15.6 Å². The number of furan rings is 1. The summed E-state index contributed by atoms with van der Waals surface area (Å²) in [6, 6.07) is 23.6. The molecule has 8 heteroatoms. The van der Waals surface area contributed by atoms with E-state index in [1.54, 1.807) is 61.2 Å². The van der Waals surface area contributed by atoms with Crippen LogP contribution in [0.3, 0.4) is 0 Å². The van der Waals surface area contributed by atoms with E-state index in [-0.39, 0.29) is 17.2 Å². The summed E-state index contributed by atoms with van der Waals surface area (Å²) in [4.78, 5) is 26.6. The molecule has 2 heterocycles. The summed E-state index contributed by atoms with van der Waals surface area (Å²) in [6.07, 6.45) is 0. The van der Waals surface area contributed by atoms with Gasteiger partial charge in [0.1, 0.15) is 11.3 Å². The van der Waals surface area contributed by atoms with E-state index >= 15 is 0 Å². The number of anilines is 1. The maximum absolute atomic E-state index is 13.3. The number of benzene rings is 3. The molecular formula is C27H22N4O4. The number of ether oxygens (including phenoxy) is 1. The molecule has 8 nitrogen and oxygen atoms in total. The van der Waals surface area contributed by atoms with E-state index in [1.165, 1.54) is 0 Å². The van der Waals surface area contributed by atoms with Crippen molar-refractivity contribution in [2.75, 3.05) is 12.4 Å². The fraction of sp³-hybridized carbons (Fsp3) is 0.111. The van der Waals surface area contributed by atoms with E-state index in [0.717, 1.165) is 5.56 Å². The van der Waals surface area contributed by atoms with Crippen LogP contribution < -0.4 is 10.1 Å². The molecule has 0 atom stereocenters. The van der Waals surface area contributed by atoms with Gasteiger partial charge in [0.05, 0.1) is 25.0 Å². The summed E-state index contributed by atoms with van der Waals surface area (Å²) in [5.41, 5.74) is 3.02. The molecule has 0 saturated heterocycles. The van der Waals surface area contributed by atoms with Crippen LogP contribution in [0, 0.1) is 6.92 Å². The van der Waals surface area contributed by atoms with Crippen molar-refractivity contribution in [1.29, 1.82) is 0 Å². The van der Waals surface area contributed by atoms with Crippen molar-refractivity contribution in [2.24, 2.45) is 0 Å². The van der Waals surface area contributed by atoms with Gasteiger partial charge in [0.15, 0.2) is 11.5 Å². The Hall–Kier alpha value is -4.72. The molecule has 1 amide bonds. The normalized spacial score (nSPS) is 10.9. The summed E-state index contributed by atoms with van der Waals surface area (Å²) in [5, 5.41) is 11.7. The topological polar surface area (TPSA) is 99.2 Å². The second kappa shape index (κ2) is 9.26. The number of ketones is 1. The maximum atomic E-state index is 13.3. The number of hydrogen-bond acceptors (Lipinski definition) is 6. The van der Waals surface area contributed by atoms with Gasteiger partial charge in [-0.3, -0.25) is 9.59 Å². The predicted molar refractivity (Wildman–Crippen MR) is 131 cm³/mol. The molecule has 0 radical (unpaired) electrons. The molecule has 5 aromatic rings. The minimum atomic E-state index is -0.475. The number of methoxy groups -OCH3 is 1. The van der Waals surface area contributed by atoms with Crippen LogP contribution in [0.25, 0.3) is 11.0 Å². The standard InChI is InChI=1S/C27H22N4O4/c1-17-23(29-30-31(17)16-18-8-4-3-5-9-18)27(33)28-24-21-10-6-7-11-22(21)35-26(24)25(32)19-12-14-20(34-2)15-13-19/h3-15H,16H2,1-2H3,(H,28,33). The van der Waals surface area contributed by atoms with Gasteiger partial charge in [-0.05, 0) is 48.9 Å². The maximum Gasteiger partial charge on any atom is 0.278 e. The number of fused-ring (bicyclic) bond motifs is 1. The van der Waals surface area contributed by atoms with Crippen LogP contribution in [0.5, 0.6) is 5.75 Å². The van der Waals surface area contributed by atoms with Gasteiger partial charge in [-0.1, -0.05) is 47.7 Å². The Morgan fingerprint density at radius 2 is 1.69 bits per heavy atom. The summed E-state index contributed by atoms with van der Waals surface area (Å²) in [6.45, 7) is 2.28. The van der Waals surface area contributed by atoms with Crippen LogP contribution in [0.2, 0.25) is 0 Å². The third kappa shape index (κ3) is 4.29. The first-order valence-corrected chi connectivity index (χ1v) is 11.0. The van der Waals surface area contributed by atoms with E-state index in [4.69, 9.17) is 9.15 Å². The quantitative estimate of drug-likeness (QED) is 0.344. The zero-order valence-corrected chi connectivity index (χ0v) is 19.2. The number of hydrogen-bond donors (Lipinski definition) is 1. The van der Waals surface area contributed by atoms with Gasteiger partial charge in [0.2, 0.25) is 5.78 Å². The fourth-order valence-corrected chi connectivity index (χ4v) is 3.85. The summed E-state index contributed by atoms with van der Waals surface area (Å²) in [7, 11) is 1.56. The van der Waals surface area contributed by atoms with Gasteiger partial charge >= 0.3 is 0 Å². The van der Waals surface area contributed by atoms with Gasteiger partial charge in [-0.25, -0.2) is 4.68 Å². The highest BCUT2D eigenvalue weighted by molar-refractivity contribution is 6.18. The van der Waals surface area contributed by atoms with Crippen LogP contribution in [-0.4, -0.2) is 33.8 Å². The van der Waals surface area contributed by atoms with Crippen molar-refractivity contribution in [3.05, 3.63) is 107 Å². The largest absolute Gasteiger partial charge is 0.497 e. The van der Waals surface area contributed by atoms with Crippen molar-refractivity contribution >= 4 is 28.3 Å². The first-order valence-electron chi connectivity index (χ1n) is 11.0. The number of nitrogens with one attached hydrogen (secondary N) is 1. The van der Waals surface area contributed by atoms with Gasteiger partial charge < -0.3 is 14.5 Å². The Balaban J connectivity index is 1.47. The number of amides is 1. The van der Waals surface area contributed by atoms with Crippen LogP contribution in [0.4, 0.5) is 5.69 Å². The Labute approximate surface area is 201 Å². The lowest BCUT2D eigenvalue weighted by Crippen LogP contribution is -2.16. The molecule has 3 aromatic carbocycles. The van der Waals surface area contributed by atoms with Crippen LogP contribution in [-0.2, 0) is 6.54 Å². The Morgan fingerprint density at radius 3 is 2.43 bits per heavy atom. The number of aromatic nitrogens is 3. The first kappa shape index (κ1) is 22.1. The molecule has 0 bridgehead atoms. The lowest BCUT2D eigenvalue weighted by Gasteiger charge is -2.07. The third-order valence-electron chi connectivity index (χ3n) is 5.77. The molecular weight excluding hydrogens is 444 g/mol. The van der Waals surface area contributed by atoms with Crippen molar-refractivity contribution < 1.29 is 18.7 Å². The number of nitrogens with zero attached hydrogens (tertiary/aromatic N) is 3. The van der Waals surface area contributed by atoms with Crippen molar-refractivity contribution in [2.45, 2.75) is 13.5 Å². The molecule has 35 heavy (non-hydrogen) atoms. The average molecular weight is 466 g/mol. The molecule has 0 spiro atoms. The highest BCUT2D eigenvalue weighted by Gasteiger charge is 2.25. The molecule has 0 aliphatic rings. The number of rotatable bonds is 7. The lowest BCUT2D eigenvalue weighted by molar-refractivity contribution is 0.101. The molecule has 0 aliphatic carbocycles. The Kier molecular flexibility index (Phi) is 5.85. The minimum absolute atomic E-state index is 0.0408. The number of carbonyl (C=O) groups is 2. The highest BCUT2D eigenvalue weighted by atomic mass is 16.5. The molecule has 2 aromatic heterocycles. The van der Waals surface area contributed by atoms with Crippen LogP contribution in [0.15, 0.2) is 83.3 Å². The second-order valence-electron chi connectivity index (χ2n) is 7.98. The first-order chi connectivity index (χ1) is 17.0. The van der Waals surface area contributed by atoms with E-state index < -0.39 is 5.91 Å². The highest BCUT2D eigenvalue weighted by Crippen LogP contribution is 2.33. The van der Waals surface area contributed by atoms with Crippen molar-refractivity contribution in [1.82, 2.24) is 15.0 Å². The van der Waals surface area contributed by atoms with Crippen molar-refractivity contribution in [3.63, 3.8) is 0 Å². The lowest BCUT2D eigenvalue weighted by atomic mass is 10.1. The van der Waals surface area contributed by atoms with Gasteiger partial charge in [-0.2, -0.15) is 0 Å². The zero-order valence-electron chi connectivity index (χ0n) is 19.2.